The molecule has 3 aromatic rings. The summed E-state index contributed by atoms with van der Waals surface area (Å²) in [4.78, 5) is 10.4. The number of aliphatic hydroxyl groups is 1. The van der Waals surface area contributed by atoms with E-state index in [1.165, 1.54) is 6.20 Å². The van der Waals surface area contributed by atoms with Gasteiger partial charge in [0.05, 0.1) is 41.4 Å². The van der Waals surface area contributed by atoms with E-state index < -0.39 is 6.10 Å². The van der Waals surface area contributed by atoms with Crippen LogP contribution in [0.2, 0.25) is 0 Å². The first kappa shape index (κ1) is 15.8. The highest BCUT2D eigenvalue weighted by Crippen LogP contribution is 2.43. The first-order chi connectivity index (χ1) is 12.7. The van der Waals surface area contributed by atoms with Gasteiger partial charge in [0.15, 0.2) is 5.82 Å². The summed E-state index contributed by atoms with van der Waals surface area (Å²) in [5.74, 6) is 0.560. The van der Waals surface area contributed by atoms with E-state index in [-0.39, 0.29) is 11.9 Å². The predicted octanol–water partition coefficient (Wildman–Crippen LogP) is 3.02. The molecule has 0 bridgehead atoms. The molecule has 6 heteroatoms. The average molecular weight is 352 g/mol. The number of benzene rings is 1. The fourth-order valence-electron chi connectivity index (χ4n) is 4.77. The molecule has 2 fully saturated rings. The van der Waals surface area contributed by atoms with Gasteiger partial charge in [-0.15, -0.1) is 0 Å². The fourth-order valence-corrected chi connectivity index (χ4v) is 4.77. The van der Waals surface area contributed by atoms with Crippen LogP contribution in [-0.2, 0) is 0 Å². The molecule has 4 atom stereocenters. The summed E-state index contributed by atoms with van der Waals surface area (Å²) in [6.45, 7) is 1.61. The highest BCUT2D eigenvalue weighted by molar-refractivity contribution is 5.75. The van der Waals surface area contributed by atoms with Crippen LogP contribution in [0.25, 0.3) is 11.0 Å². The maximum absolute atomic E-state index is 14.1. The summed E-state index contributed by atoms with van der Waals surface area (Å²) >= 11 is 0. The third kappa shape index (κ3) is 2.48. The number of imidazole rings is 1. The molecule has 1 saturated carbocycles. The van der Waals surface area contributed by atoms with Crippen LogP contribution in [0.4, 0.5) is 10.1 Å². The number of fused-ring (bicyclic) bond motifs is 2. The van der Waals surface area contributed by atoms with E-state index in [2.05, 4.69) is 25.5 Å². The molecule has 2 aromatic heterocycles. The molecular formula is C20H21FN4O. The second-order valence-electron chi connectivity index (χ2n) is 7.50. The molecule has 0 unspecified atom stereocenters. The molecule has 1 saturated heterocycles. The number of hydrogen-bond donors (Lipinski definition) is 1. The normalized spacial score (nSPS) is 28.5. The van der Waals surface area contributed by atoms with Gasteiger partial charge in [-0.3, -0.25) is 4.98 Å². The molecule has 3 heterocycles. The van der Waals surface area contributed by atoms with Crippen LogP contribution >= 0.6 is 0 Å². The van der Waals surface area contributed by atoms with E-state index in [1.54, 1.807) is 12.3 Å². The predicted molar refractivity (Wildman–Crippen MR) is 97.4 cm³/mol. The van der Waals surface area contributed by atoms with Crippen molar-refractivity contribution >= 4 is 16.7 Å². The second-order valence-corrected chi connectivity index (χ2v) is 7.50. The van der Waals surface area contributed by atoms with Gasteiger partial charge in [-0.05, 0) is 42.9 Å². The molecule has 5 rings (SSSR count). The number of hydrogen-bond acceptors (Lipinski definition) is 4. The Balaban J connectivity index is 1.41. The minimum atomic E-state index is -0.406. The Bertz CT molecular complexity index is 942. The topological polar surface area (TPSA) is 54.2 Å². The third-order valence-corrected chi connectivity index (χ3v) is 6.04. The standard InChI is InChI=1S/C20H21FN4O/c21-15-9-22-6-5-17(15)24-10-13-7-19(20(26)8-14(13)11-24)25-12-23-16-3-1-2-4-18(16)25/h1-6,9,12-14,19-20,26H,7-8,10-11H2/t13-,14+,19-,20-/m1/s1. The molecule has 0 radical (unpaired) electrons. The highest BCUT2D eigenvalue weighted by Gasteiger charge is 2.43. The van der Waals surface area contributed by atoms with Crippen LogP contribution in [0.5, 0.6) is 0 Å². The third-order valence-electron chi connectivity index (χ3n) is 6.04. The Morgan fingerprint density at radius 1 is 1.08 bits per heavy atom. The lowest BCUT2D eigenvalue weighted by Crippen LogP contribution is -2.36. The first-order valence-electron chi connectivity index (χ1n) is 9.15. The molecule has 2 aliphatic rings. The van der Waals surface area contributed by atoms with Crippen LogP contribution in [0.1, 0.15) is 18.9 Å². The summed E-state index contributed by atoms with van der Waals surface area (Å²) in [7, 11) is 0. The quantitative estimate of drug-likeness (QED) is 0.770. The Labute approximate surface area is 151 Å². The van der Waals surface area contributed by atoms with Crippen LogP contribution in [0.3, 0.4) is 0 Å². The van der Waals surface area contributed by atoms with Gasteiger partial charge >= 0.3 is 0 Å². The largest absolute Gasteiger partial charge is 0.391 e. The lowest BCUT2D eigenvalue weighted by atomic mass is 9.77. The van der Waals surface area contributed by atoms with Gasteiger partial charge in [-0.25, -0.2) is 9.37 Å². The zero-order valence-corrected chi connectivity index (χ0v) is 14.4. The van der Waals surface area contributed by atoms with Crippen molar-refractivity contribution in [3.8, 4) is 0 Å². The van der Waals surface area contributed by atoms with E-state index in [4.69, 9.17) is 0 Å². The molecular weight excluding hydrogens is 331 g/mol. The molecule has 1 aliphatic carbocycles. The monoisotopic (exact) mass is 352 g/mol. The summed E-state index contributed by atoms with van der Waals surface area (Å²) in [6, 6.07) is 9.78. The van der Waals surface area contributed by atoms with Crippen molar-refractivity contribution in [2.45, 2.75) is 25.0 Å². The van der Waals surface area contributed by atoms with Crippen molar-refractivity contribution in [1.29, 1.82) is 0 Å². The smallest absolute Gasteiger partial charge is 0.164 e. The number of nitrogens with zero attached hydrogens (tertiary/aromatic N) is 4. The number of halogens is 1. The number of aromatic nitrogens is 3. The number of pyridine rings is 1. The van der Waals surface area contributed by atoms with Crippen molar-refractivity contribution in [2.24, 2.45) is 11.8 Å². The summed E-state index contributed by atoms with van der Waals surface area (Å²) in [6.07, 6.45) is 5.97. The van der Waals surface area contributed by atoms with E-state index >= 15 is 0 Å². The van der Waals surface area contributed by atoms with Gasteiger partial charge in [-0.1, -0.05) is 12.1 Å². The minimum Gasteiger partial charge on any atom is -0.391 e. The van der Waals surface area contributed by atoms with Crippen molar-refractivity contribution in [3.63, 3.8) is 0 Å². The molecule has 5 nitrogen and oxygen atoms in total. The van der Waals surface area contributed by atoms with Crippen molar-refractivity contribution in [3.05, 3.63) is 54.9 Å². The Hall–Kier alpha value is -2.47. The van der Waals surface area contributed by atoms with Crippen LogP contribution in [0, 0.1) is 17.7 Å². The van der Waals surface area contributed by atoms with Crippen LogP contribution in [-0.4, -0.2) is 38.8 Å². The molecule has 134 valence electrons. The fraction of sp³-hybridized carbons (Fsp3) is 0.400. The minimum absolute atomic E-state index is 0.0193. The molecule has 0 amide bonds. The maximum Gasteiger partial charge on any atom is 0.164 e. The summed E-state index contributed by atoms with van der Waals surface area (Å²) in [5.41, 5.74) is 2.63. The lowest BCUT2D eigenvalue weighted by Gasteiger charge is -2.36. The number of aliphatic hydroxyl groups excluding tert-OH is 1. The SMILES string of the molecule is O[C@@H]1C[C@H]2CN(c3ccncc3F)C[C@H]2C[C@H]1n1cnc2ccccc21. The van der Waals surface area contributed by atoms with Crippen molar-refractivity contribution in [1.82, 2.24) is 14.5 Å². The van der Waals surface area contributed by atoms with Crippen LogP contribution in [0.15, 0.2) is 49.1 Å². The average Bonchev–Trinajstić information content (AvgIpc) is 3.25. The zero-order valence-electron chi connectivity index (χ0n) is 14.4. The Kier molecular flexibility index (Phi) is 3.67. The van der Waals surface area contributed by atoms with Gasteiger partial charge in [0, 0.05) is 19.3 Å². The number of para-hydroxylation sites is 2. The van der Waals surface area contributed by atoms with E-state index in [1.807, 2.05) is 24.5 Å². The lowest BCUT2D eigenvalue weighted by molar-refractivity contribution is 0.0375. The van der Waals surface area contributed by atoms with Gasteiger partial charge in [-0.2, -0.15) is 0 Å². The molecule has 1 N–H and O–H groups in total. The van der Waals surface area contributed by atoms with Gasteiger partial charge in [0.25, 0.3) is 0 Å². The Morgan fingerprint density at radius 3 is 2.73 bits per heavy atom. The first-order valence-corrected chi connectivity index (χ1v) is 9.15. The second kappa shape index (κ2) is 6.06. The molecule has 1 aliphatic heterocycles. The Morgan fingerprint density at radius 2 is 1.88 bits per heavy atom. The zero-order chi connectivity index (χ0) is 17.7. The highest BCUT2D eigenvalue weighted by atomic mass is 19.1. The van der Waals surface area contributed by atoms with Crippen molar-refractivity contribution < 1.29 is 9.50 Å². The summed E-state index contributed by atoms with van der Waals surface area (Å²) < 4.78 is 16.2. The van der Waals surface area contributed by atoms with E-state index in [0.717, 1.165) is 37.0 Å². The van der Waals surface area contributed by atoms with Gasteiger partial charge in [0.1, 0.15) is 0 Å². The maximum atomic E-state index is 14.1. The molecule has 26 heavy (non-hydrogen) atoms. The number of rotatable bonds is 2. The number of anilines is 1. The summed E-state index contributed by atoms with van der Waals surface area (Å²) in [5, 5.41) is 10.8. The molecule has 1 aromatic carbocycles. The van der Waals surface area contributed by atoms with Gasteiger partial charge < -0.3 is 14.6 Å². The van der Waals surface area contributed by atoms with Crippen molar-refractivity contribution in [2.75, 3.05) is 18.0 Å². The van der Waals surface area contributed by atoms with E-state index in [0.29, 0.717) is 17.5 Å². The van der Waals surface area contributed by atoms with E-state index in [9.17, 15) is 9.50 Å². The van der Waals surface area contributed by atoms with Crippen LogP contribution < -0.4 is 4.90 Å². The molecule has 0 spiro atoms. The van der Waals surface area contributed by atoms with Gasteiger partial charge in [0.2, 0.25) is 0 Å².